The van der Waals surface area contributed by atoms with Crippen molar-refractivity contribution >= 4 is 28.3 Å². The van der Waals surface area contributed by atoms with Crippen molar-refractivity contribution in [3.63, 3.8) is 0 Å². The fourth-order valence-corrected chi connectivity index (χ4v) is 3.11. The van der Waals surface area contributed by atoms with Gasteiger partial charge in [0.15, 0.2) is 0 Å². The molecule has 0 saturated carbocycles. The van der Waals surface area contributed by atoms with Crippen LogP contribution in [-0.4, -0.2) is 22.9 Å². The third kappa shape index (κ3) is 4.07. The zero-order valence-corrected chi connectivity index (χ0v) is 17.1. The minimum absolute atomic E-state index is 0.262. The number of carbonyl (C=O) groups excluding carboxylic acids is 1. The highest BCUT2D eigenvalue weighted by atomic mass is 16.5. The van der Waals surface area contributed by atoms with E-state index < -0.39 is 0 Å². The van der Waals surface area contributed by atoms with Gasteiger partial charge in [-0.15, -0.1) is 0 Å². The molecule has 1 amide bonds. The van der Waals surface area contributed by atoms with Gasteiger partial charge in [-0.1, -0.05) is 12.1 Å². The number of nitrogens with zero attached hydrogens (tertiary/aromatic N) is 2. The Kier molecular flexibility index (Phi) is 5.30. The molecule has 0 saturated heterocycles. The van der Waals surface area contributed by atoms with Crippen LogP contribution < -0.4 is 15.4 Å². The van der Waals surface area contributed by atoms with Gasteiger partial charge in [0.2, 0.25) is 0 Å². The highest BCUT2D eigenvalue weighted by Crippen LogP contribution is 2.30. The molecule has 30 heavy (non-hydrogen) atoms. The predicted molar refractivity (Wildman–Crippen MR) is 119 cm³/mol. The van der Waals surface area contributed by atoms with Gasteiger partial charge in [0.25, 0.3) is 5.91 Å². The number of hydrogen-bond donors (Lipinski definition) is 2. The van der Waals surface area contributed by atoms with E-state index in [0.29, 0.717) is 17.2 Å². The van der Waals surface area contributed by atoms with Gasteiger partial charge in [0.1, 0.15) is 23.0 Å². The van der Waals surface area contributed by atoms with Crippen LogP contribution in [0.25, 0.3) is 10.9 Å². The average Bonchev–Trinajstić information content (AvgIpc) is 2.76. The van der Waals surface area contributed by atoms with Crippen LogP contribution in [0.1, 0.15) is 21.6 Å². The molecule has 0 aliphatic carbocycles. The molecule has 0 spiro atoms. The van der Waals surface area contributed by atoms with Crippen molar-refractivity contribution in [2.24, 2.45) is 0 Å². The lowest BCUT2D eigenvalue weighted by Crippen LogP contribution is -2.18. The van der Waals surface area contributed by atoms with E-state index >= 15 is 0 Å². The summed E-state index contributed by atoms with van der Waals surface area (Å²) in [4.78, 5) is 20.6. The van der Waals surface area contributed by atoms with E-state index in [1.807, 2.05) is 36.4 Å². The summed E-state index contributed by atoms with van der Waals surface area (Å²) in [5, 5.41) is 6.79. The Hall–Kier alpha value is -3.93. The molecular weight excluding hydrogens is 376 g/mol. The maximum Gasteiger partial charge on any atom is 0.269 e. The number of aromatic nitrogens is 2. The molecule has 4 aromatic rings. The minimum atomic E-state index is -0.262. The van der Waals surface area contributed by atoms with Gasteiger partial charge < -0.3 is 15.4 Å². The topological polar surface area (TPSA) is 76.1 Å². The van der Waals surface area contributed by atoms with Crippen molar-refractivity contribution < 1.29 is 9.53 Å². The SMILES string of the molecule is CNC(=O)c1cc(Oc2cccc3nc(Nc4ccc(C)c(C)c4)ccc23)ccn1. The van der Waals surface area contributed by atoms with Crippen LogP contribution in [-0.2, 0) is 0 Å². The predicted octanol–water partition coefficient (Wildman–Crippen LogP) is 5.14. The Labute approximate surface area is 175 Å². The second-order valence-corrected chi connectivity index (χ2v) is 7.00. The molecule has 6 nitrogen and oxygen atoms in total. The summed E-state index contributed by atoms with van der Waals surface area (Å²) in [5.41, 5.74) is 4.58. The van der Waals surface area contributed by atoms with Crippen LogP contribution in [0.15, 0.2) is 66.9 Å². The number of fused-ring (bicyclic) bond motifs is 1. The van der Waals surface area contributed by atoms with Crippen LogP contribution in [0.4, 0.5) is 11.5 Å². The molecule has 2 aromatic heterocycles. The van der Waals surface area contributed by atoms with Crippen LogP contribution in [0.3, 0.4) is 0 Å². The van der Waals surface area contributed by atoms with Crippen LogP contribution in [0.2, 0.25) is 0 Å². The number of rotatable bonds is 5. The standard InChI is InChI=1S/C24H22N4O2/c1-15-7-8-17(13-16(15)2)27-23-10-9-19-20(28-23)5-4-6-22(19)30-18-11-12-26-21(14-18)24(29)25-3/h4-14H,1-3H3,(H,25,29)(H,27,28). The van der Waals surface area contributed by atoms with E-state index in [0.717, 1.165) is 22.4 Å². The average molecular weight is 398 g/mol. The number of hydrogen-bond acceptors (Lipinski definition) is 5. The third-order valence-electron chi connectivity index (χ3n) is 4.89. The van der Waals surface area contributed by atoms with Crippen molar-refractivity contribution in [2.75, 3.05) is 12.4 Å². The van der Waals surface area contributed by atoms with E-state index in [4.69, 9.17) is 9.72 Å². The molecule has 0 unspecified atom stereocenters. The largest absolute Gasteiger partial charge is 0.457 e. The van der Waals surface area contributed by atoms with E-state index in [-0.39, 0.29) is 5.91 Å². The van der Waals surface area contributed by atoms with Gasteiger partial charge in [-0.25, -0.2) is 4.98 Å². The van der Waals surface area contributed by atoms with E-state index in [1.54, 1.807) is 25.4 Å². The Morgan fingerprint density at radius 1 is 0.967 bits per heavy atom. The molecule has 0 atom stereocenters. The van der Waals surface area contributed by atoms with E-state index in [2.05, 4.69) is 41.6 Å². The second kappa shape index (κ2) is 8.21. The molecule has 150 valence electrons. The van der Waals surface area contributed by atoms with Crippen molar-refractivity contribution in [2.45, 2.75) is 13.8 Å². The molecule has 0 radical (unpaired) electrons. The first-order chi connectivity index (χ1) is 14.5. The molecule has 0 fully saturated rings. The molecule has 0 bridgehead atoms. The zero-order valence-electron chi connectivity index (χ0n) is 17.1. The maximum atomic E-state index is 11.8. The fraction of sp³-hybridized carbons (Fsp3) is 0.125. The monoisotopic (exact) mass is 398 g/mol. The Morgan fingerprint density at radius 3 is 2.63 bits per heavy atom. The first-order valence-electron chi connectivity index (χ1n) is 9.63. The van der Waals surface area contributed by atoms with Gasteiger partial charge in [-0.2, -0.15) is 0 Å². The number of anilines is 2. The number of carbonyl (C=O) groups is 1. The summed E-state index contributed by atoms with van der Waals surface area (Å²) in [5.74, 6) is 1.69. The molecule has 2 heterocycles. The third-order valence-corrected chi connectivity index (χ3v) is 4.89. The lowest BCUT2D eigenvalue weighted by atomic mass is 10.1. The summed E-state index contributed by atoms with van der Waals surface area (Å²) in [6.45, 7) is 4.18. The number of aryl methyl sites for hydroxylation is 2. The smallest absolute Gasteiger partial charge is 0.269 e. The Bertz CT molecular complexity index is 1240. The van der Waals surface area contributed by atoms with Gasteiger partial charge in [-0.05, 0) is 67.4 Å². The first kappa shape index (κ1) is 19.4. The fourth-order valence-electron chi connectivity index (χ4n) is 3.11. The van der Waals surface area contributed by atoms with Crippen LogP contribution in [0.5, 0.6) is 11.5 Å². The van der Waals surface area contributed by atoms with Crippen LogP contribution in [0, 0.1) is 13.8 Å². The van der Waals surface area contributed by atoms with Crippen molar-refractivity contribution in [1.82, 2.24) is 15.3 Å². The summed E-state index contributed by atoms with van der Waals surface area (Å²) < 4.78 is 6.03. The van der Waals surface area contributed by atoms with Crippen LogP contribution >= 0.6 is 0 Å². The number of pyridine rings is 2. The Morgan fingerprint density at radius 2 is 1.83 bits per heavy atom. The molecule has 0 aliphatic rings. The lowest BCUT2D eigenvalue weighted by Gasteiger charge is -2.12. The first-order valence-corrected chi connectivity index (χ1v) is 9.63. The van der Waals surface area contributed by atoms with Gasteiger partial charge in [-0.3, -0.25) is 9.78 Å². The summed E-state index contributed by atoms with van der Waals surface area (Å²) in [6, 6.07) is 19.2. The highest BCUT2D eigenvalue weighted by molar-refractivity contribution is 5.92. The van der Waals surface area contributed by atoms with Crippen molar-refractivity contribution in [3.05, 3.63) is 83.7 Å². The summed E-state index contributed by atoms with van der Waals surface area (Å²) in [6.07, 6.45) is 1.55. The van der Waals surface area contributed by atoms with Crippen molar-refractivity contribution in [3.8, 4) is 11.5 Å². The second-order valence-electron chi connectivity index (χ2n) is 7.00. The summed E-state index contributed by atoms with van der Waals surface area (Å²) >= 11 is 0. The lowest BCUT2D eigenvalue weighted by molar-refractivity contribution is 0.0958. The maximum absolute atomic E-state index is 11.8. The van der Waals surface area contributed by atoms with Gasteiger partial charge >= 0.3 is 0 Å². The Balaban J connectivity index is 1.61. The molecule has 2 N–H and O–H groups in total. The number of benzene rings is 2. The van der Waals surface area contributed by atoms with E-state index in [9.17, 15) is 4.79 Å². The summed E-state index contributed by atoms with van der Waals surface area (Å²) in [7, 11) is 1.57. The highest BCUT2D eigenvalue weighted by Gasteiger charge is 2.09. The van der Waals surface area contributed by atoms with E-state index in [1.165, 1.54) is 11.1 Å². The molecule has 0 aliphatic heterocycles. The molecule has 2 aromatic carbocycles. The minimum Gasteiger partial charge on any atom is -0.457 e. The number of amides is 1. The number of nitrogens with one attached hydrogen (secondary N) is 2. The quantitative estimate of drug-likeness (QED) is 0.487. The normalized spacial score (nSPS) is 10.6. The van der Waals surface area contributed by atoms with Gasteiger partial charge in [0.05, 0.1) is 5.52 Å². The van der Waals surface area contributed by atoms with Gasteiger partial charge in [0, 0.05) is 30.4 Å². The molecule has 4 rings (SSSR count). The zero-order chi connectivity index (χ0) is 21.1. The van der Waals surface area contributed by atoms with Crippen molar-refractivity contribution in [1.29, 1.82) is 0 Å². The molecular formula is C24H22N4O2. The molecule has 6 heteroatoms. The number of ether oxygens (including phenoxy) is 1.